The highest BCUT2D eigenvalue weighted by molar-refractivity contribution is 7.15. The van der Waals surface area contributed by atoms with Crippen molar-refractivity contribution in [3.05, 3.63) is 11.1 Å². The van der Waals surface area contributed by atoms with Crippen molar-refractivity contribution >= 4 is 16.5 Å². The molecule has 0 aromatic carbocycles. The number of anilines is 1. The minimum Gasteiger partial charge on any atom is -0.376 e. The van der Waals surface area contributed by atoms with Gasteiger partial charge in [-0.15, -0.1) is 0 Å². The summed E-state index contributed by atoms with van der Waals surface area (Å²) in [7, 11) is 0. The maximum atomic E-state index is 5.50. The number of hydrazine groups is 1. The number of rotatable bonds is 4. The number of thiazole rings is 1. The van der Waals surface area contributed by atoms with Gasteiger partial charge in [-0.1, -0.05) is 11.3 Å². The van der Waals surface area contributed by atoms with Gasteiger partial charge in [0.1, 0.15) is 6.10 Å². The van der Waals surface area contributed by atoms with Gasteiger partial charge in [0.05, 0.1) is 24.7 Å². The molecule has 0 radical (unpaired) electrons. The van der Waals surface area contributed by atoms with Gasteiger partial charge in [0.25, 0.3) is 0 Å². The molecule has 2 heterocycles. The molecule has 1 aliphatic rings. The summed E-state index contributed by atoms with van der Waals surface area (Å²) in [5.41, 5.74) is 2.49. The second-order valence-electron chi connectivity index (χ2n) is 2.75. The number of nitrogen functional groups attached to an aromatic ring is 1. The van der Waals surface area contributed by atoms with Gasteiger partial charge in [-0.3, -0.25) is 5.43 Å². The van der Waals surface area contributed by atoms with Gasteiger partial charge in [0, 0.05) is 6.20 Å². The summed E-state index contributed by atoms with van der Waals surface area (Å²) in [5, 5.41) is 0.712. The Morgan fingerprint density at radius 2 is 2.62 bits per heavy atom. The first kappa shape index (κ1) is 8.89. The van der Waals surface area contributed by atoms with E-state index >= 15 is 0 Å². The Kier molecular flexibility index (Phi) is 2.74. The van der Waals surface area contributed by atoms with Crippen molar-refractivity contribution in [1.82, 2.24) is 4.98 Å². The lowest BCUT2D eigenvalue weighted by molar-refractivity contribution is -0.134. The van der Waals surface area contributed by atoms with E-state index in [0.717, 1.165) is 4.88 Å². The van der Waals surface area contributed by atoms with E-state index in [2.05, 4.69) is 10.4 Å². The minimum absolute atomic E-state index is 0.261. The standard InChI is InChI=1S/C7H11N3O2S/c8-10-7-9-1-6(13-7)4-12-5-2-11-3-5/h1,5H,2-4,8H2,(H,9,10). The SMILES string of the molecule is NNc1ncc(COC2COC2)s1. The van der Waals surface area contributed by atoms with Crippen LogP contribution in [0.3, 0.4) is 0 Å². The lowest BCUT2D eigenvalue weighted by Gasteiger charge is -2.25. The summed E-state index contributed by atoms with van der Waals surface area (Å²) < 4.78 is 10.5. The van der Waals surface area contributed by atoms with Gasteiger partial charge in [-0.05, 0) is 0 Å². The minimum atomic E-state index is 0.261. The number of nitrogens with two attached hydrogens (primary N) is 1. The van der Waals surface area contributed by atoms with E-state index in [1.807, 2.05) is 0 Å². The maximum Gasteiger partial charge on any atom is 0.197 e. The summed E-state index contributed by atoms with van der Waals surface area (Å²) in [4.78, 5) is 5.10. The predicted octanol–water partition coefficient (Wildman–Crippen LogP) is 0.344. The molecule has 2 rings (SSSR count). The van der Waals surface area contributed by atoms with Crippen molar-refractivity contribution in [3.63, 3.8) is 0 Å². The Morgan fingerprint density at radius 1 is 1.77 bits per heavy atom. The molecule has 0 atom stereocenters. The molecule has 72 valence electrons. The Morgan fingerprint density at radius 3 is 3.15 bits per heavy atom. The fourth-order valence-corrected chi connectivity index (χ4v) is 1.60. The van der Waals surface area contributed by atoms with Gasteiger partial charge in [-0.25, -0.2) is 10.8 Å². The van der Waals surface area contributed by atoms with Gasteiger partial charge >= 0.3 is 0 Å². The van der Waals surface area contributed by atoms with Crippen LogP contribution in [0.4, 0.5) is 5.13 Å². The van der Waals surface area contributed by atoms with E-state index < -0.39 is 0 Å². The molecule has 1 aromatic heterocycles. The maximum absolute atomic E-state index is 5.50. The van der Waals surface area contributed by atoms with Crippen molar-refractivity contribution < 1.29 is 9.47 Å². The summed E-state index contributed by atoms with van der Waals surface area (Å²) in [6, 6.07) is 0. The first-order valence-corrected chi connectivity index (χ1v) is 4.81. The zero-order chi connectivity index (χ0) is 9.10. The fourth-order valence-electron chi connectivity index (χ4n) is 0.951. The molecular weight excluding hydrogens is 190 g/mol. The van der Waals surface area contributed by atoms with Gasteiger partial charge < -0.3 is 9.47 Å². The van der Waals surface area contributed by atoms with Crippen molar-refractivity contribution in [3.8, 4) is 0 Å². The smallest absolute Gasteiger partial charge is 0.197 e. The summed E-state index contributed by atoms with van der Waals surface area (Å²) in [6.07, 6.45) is 2.02. The molecule has 0 saturated carbocycles. The normalized spacial score (nSPS) is 17.0. The Hall–Kier alpha value is -0.690. The monoisotopic (exact) mass is 201 g/mol. The summed E-state index contributed by atoms with van der Waals surface area (Å²) in [6.45, 7) is 2.01. The van der Waals surface area contributed by atoms with Gasteiger partial charge in [0.2, 0.25) is 0 Å². The lowest BCUT2D eigenvalue weighted by Crippen LogP contribution is -2.35. The third kappa shape index (κ3) is 2.16. The van der Waals surface area contributed by atoms with Crippen molar-refractivity contribution in [2.24, 2.45) is 5.84 Å². The average molecular weight is 201 g/mol. The number of nitrogens with zero attached hydrogens (tertiary/aromatic N) is 1. The number of hydrogen-bond donors (Lipinski definition) is 2. The van der Waals surface area contributed by atoms with Crippen LogP contribution in [-0.2, 0) is 16.1 Å². The van der Waals surface area contributed by atoms with Crippen molar-refractivity contribution in [2.75, 3.05) is 18.6 Å². The van der Waals surface area contributed by atoms with E-state index in [4.69, 9.17) is 15.3 Å². The van der Waals surface area contributed by atoms with Crippen LogP contribution in [0, 0.1) is 0 Å². The first-order valence-electron chi connectivity index (χ1n) is 3.99. The third-order valence-corrected chi connectivity index (χ3v) is 2.65. The molecule has 0 spiro atoms. The highest BCUT2D eigenvalue weighted by Crippen LogP contribution is 2.19. The van der Waals surface area contributed by atoms with Crippen LogP contribution in [0.25, 0.3) is 0 Å². The highest BCUT2D eigenvalue weighted by Gasteiger charge is 2.18. The van der Waals surface area contributed by atoms with Crippen LogP contribution in [0.15, 0.2) is 6.20 Å². The summed E-state index contributed by atoms with van der Waals surface area (Å²) >= 11 is 1.50. The molecule has 13 heavy (non-hydrogen) atoms. The molecule has 0 aliphatic carbocycles. The molecule has 1 aromatic rings. The van der Waals surface area contributed by atoms with E-state index in [1.54, 1.807) is 6.20 Å². The van der Waals surface area contributed by atoms with Gasteiger partial charge in [0.15, 0.2) is 5.13 Å². The molecular formula is C7H11N3O2S. The molecule has 0 bridgehead atoms. The quantitative estimate of drug-likeness (QED) is 0.543. The Balaban J connectivity index is 1.79. The molecule has 1 fully saturated rings. The largest absolute Gasteiger partial charge is 0.376 e. The highest BCUT2D eigenvalue weighted by atomic mass is 32.1. The van der Waals surface area contributed by atoms with E-state index in [9.17, 15) is 0 Å². The van der Waals surface area contributed by atoms with Crippen molar-refractivity contribution in [1.29, 1.82) is 0 Å². The van der Waals surface area contributed by atoms with E-state index in [-0.39, 0.29) is 6.10 Å². The second-order valence-corrected chi connectivity index (χ2v) is 3.86. The Bertz CT molecular complexity index is 274. The van der Waals surface area contributed by atoms with E-state index in [1.165, 1.54) is 11.3 Å². The number of ether oxygens (including phenoxy) is 2. The lowest BCUT2D eigenvalue weighted by atomic mass is 10.3. The van der Waals surface area contributed by atoms with Crippen LogP contribution in [-0.4, -0.2) is 24.3 Å². The fraction of sp³-hybridized carbons (Fsp3) is 0.571. The number of aromatic nitrogens is 1. The third-order valence-electron chi connectivity index (χ3n) is 1.75. The van der Waals surface area contributed by atoms with Crippen molar-refractivity contribution in [2.45, 2.75) is 12.7 Å². The van der Waals surface area contributed by atoms with Crippen LogP contribution < -0.4 is 11.3 Å². The molecule has 3 N–H and O–H groups in total. The molecule has 5 nitrogen and oxygen atoms in total. The van der Waals surface area contributed by atoms with Crippen LogP contribution >= 0.6 is 11.3 Å². The molecule has 1 saturated heterocycles. The number of hydrogen-bond acceptors (Lipinski definition) is 6. The second kappa shape index (κ2) is 4.01. The zero-order valence-corrected chi connectivity index (χ0v) is 7.84. The summed E-state index contributed by atoms with van der Waals surface area (Å²) in [5.74, 6) is 5.19. The zero-order valence-electron chi connectivity index (χ0n) is 7.03. The number of nitrogens with one attached hydrogen (secondary N) is 1. The van der Waals surface area contributed by atoms with Crippen LogP contribution in [0.5, 0.6) is 0 Å². The molecule has 6 heteroatoms. The van der Waals surface area contributed by atoms with E-state index in [0.29, 0.717) is 25.0 Å². The van der Waals surface area contributed by atoms with Crippen LogP contribution in [0.1, 0.15) is 4.88 Å². The average Bonchev–Trinajstić information content (AvgIpc) is 2.49. The molecule has 1 aliphatic heterocycles. The Labute approximate surface area is 79.8 Å². The van der Waals surface area contributed by atoms with Gasteiger partial charge in [-0.2, -0.15) is 0 Å². The first-order chi connectivity index (χ1) is 6.38. The predicted molar refractivity (Wildman–Crippen MR) is 49.3 cm³/mol. The van der Waals surface area contributed by atoms with Crippen LogP contribution in [0.2, 0.25) is 0 Å². The molecule has 0 unspecified atom stereocenters. The molecule has 0 amide bonds. The topological polar surface area (TPSA) is 69.4 Å².